The van der Waals surface area contributed by atoms with Gasteiger partial charge in [0.1, 0.15) is 5.82 Å². The number of imidazole rings is 1. The van der Waals surface area contributed by atoms with Crippen molar-refractivity contribution in [3.05, 3.63) is 30.9 Å². The lowest BCUT2D eigenvalue weighted by Crippen LogP contribution is -2.21. The molecule has 100 valence electrons. The third kappa shape index (κ3) is 2.23. The number of hydrogen-bond acceptors (Lipinski definition) is 3. The van der Waals surface area contributed by atoms with E-state index in [2.05, 4.69) is 21.5 Å². The van der Waals surface area contributed by atoms with Crippen LogP contribution in [0.5, 0.6) is 0 Å². The largest absolute Gasteiger partial charge is 0.383 e. The Kier molecular flexibility index (Phi) is 3.23. The van der Waals surface area contributed by atoms with Gasteiger partial charge >= 0.3 is 0 Å². The Morgan fingerprint density at radius 3 is 2.95 bits per heavy atom. The van der Waals surface area contributed by atoms with Crippen LogP contribution in [0.4, 0.5) is 5.82 Å². The first-order valence-electron chi connectivity index (χ1n) is 7.00. The first-order chi connectivity index (χ1) is 9.27. The lowest BCUT2D eigenvalue weighted by Gasteiger charge is -2.31. The summed E-state index contributed by atoms with van der Waals surface area (Å²) in [6, 6.07) is 4.47. The Morgan fingerprint density at radius 2 is 2.16 bits per heavy atom. The molecule has 4 nitrogen and oxygen atoms in total. The molecule has 2 atom stereocenters. The molecule has 1 fully saturated rings. The molecule has 2 aromatic rings. The molecule has 1 aliphatic rings. The Morgan fingerprint density at radius 1 is 1.32 bits per heavy atom. The van der Waals surface area contributed by atoms with Gasteiger partial charge in [-0.05, 0) is 30.9 Å². The fraction of sp³-hybridized carbons (Fsp3) is 0.467. The summed E-state index contributed by atoms with van der Waals surface area (Å²) < 4.78 is 2.29. The molecule has 2 unspecified atom stereocenters. The minimum atomic E-state index is 0.533. The molecule has 1 aliphatic carbocycles. The van der Waals surface area contributed by atoms with E-state index in [0.717, 1.165) is 11.3 Å². The predicted molar refractivity (Wildman–Crippen MR) is 76.5 cm³/mol. The number of pyridine rings is 1. The second kappa shape index (κ2) is 5.03. The first-order valence-corrected chi connectivity index (χ1v) is 7.00. The molecule has 0 bridgehead atoms. The van der Waals surface area contributed by atoms with Crippen LogP contribution in [-0.2, 0) is 0 Å². The standard InChI is InChI=1S/C15H20N4/c1-11-5-2-3-7-13(11)19-10-17-9-14(19)12-6-4-8-18-15(12)16/h4,6,8-11,13H,2-3,5,7H2,1H3,(H2,16,18). The zero-order chi connectivity index (χ0) is 13.2. The second-order valence-electron chi connectivity index (χ2n) is 5.45. The van der Waals surface area contributed by atoms with Gasteiger partial charge in [0.2, 0.25) is 0 Å². The summed E-state index contributed by atoms with van der Waals surface area (Å²) in [5, 5.41) is 0. The fourth-order valence-corrected chi connectivity index (χ4v) is 3.12. The average molecular weight is 256 g/mol. The summed E-state index contributed by atoms with van der Waals surface area (Å²) in [7, 11) is 0. The quantitative estimate of drug-likeness (QED) is 0.897. The molecule has 0 amide bonds. The lowest BCUT2D eigenvalue weighted by molar-refractivity contribution is 0.259. The highest BCUT2D eigenvalue weighted by molar-refractivity contribution is 5.70. The molecule has 3 rings (SSSR count). The summed E-state index contributed by atoms with van der Waals surface area (Å²) in [4.78, 5) is 8.51. The molecule has 19 heavy (non-hydrogen) atoms. The summed E-state index contributed by atoms with van der Waals surface area (Å²) in [6.07, 6.45) is 10.7. The van der Waals surface area contributed by atoms with E-state index in [9.17, 15) is 0 Å². The van der Waals surface area contributed by atoms with Crippen molar-refractivity contribution in [3.8, 4) is 11.3 Å². The van der Waals surface area contributed by atoms with Gasteiger partial charge in [-0.3, -0.25) is 0 Å². The molecule has 0 aliphatic heterocycles. The van der Waals surface area contributed by atoms with Crippen LogP contribution in [0.3, 0.4) is 0 Å². The van der Waals surface area contributed by atoms with E-state index in [-0.39, 0.29) is 0 Å². The molecular formula is C15H20N4. The van der Waals surface area contributed by atoms with E-state index in [1.165, 1.54) is 25.7 Å². The number of hydrogen-bond donors (Lipinski definition) is 1. The maximum Gasteiger partial charge on any atom is 0.132 e. The lowest BCUT2D eigenvalue weighted by atomic mass is 9.85. The van der Waals surface area contributed by atoms with Crippen LogP contribution in [0.25, 0.3) is 11.3 Å². The summed E-state index contributed by atoms with van der Waals surface area (Å²) in [6.45, 7) is 2.33. The average Bonchev–Trinajstić information content (AvgIpc) is 2.89. The Bertz CT molecular complexity index is 561. The zero-order valence-corrected chi connectivity index (χ0v) is 11.3. The van der Waals surface area contributed by atoms with Crippen LogP contribution < -0.4 is 5.73 Å². The molecule has 0 spiro atoms. The van der Waals surface area contributed by atoms with Crippen molar-refractivity contribution in [2.75, 3.05) is 5.73 Å². The Labute approximate surface area is 113 Å². The van der Waals surface area contributed by atoms with Gasteiger partial charge in [-0.15, -0.1) is 0 Å². The number of aromatic nitrogens is 3. The predicted octanol–water partition coefficient (Wildman–Crippen LogP) is 3.28. The highest BCUT2D eigenvalue weighted by Gasteiger charge is 2.25. The molecule has 0 saturated heterocycles. The summed E-state index contributed by atoms with van der Waals surface area (Å²) >= 11 is 0. The minimum absolute atomic E-state index is 0.533. The SMILES string of the molecule is CC1CCCCC1n1cncc1-c1cccnc1N. The van der Waals surface area contributed by atoms with Crippen molar-refractivity contribution in [2.45, 2.75) is 38.6 Å². The van der Waals surface area contributed by atoms with Crippen molar-refractivity contribution in [3.63, 3.8) is 0 Å². The van der Waals surface area contributed by atoms with Crippen molar-refractivity contribution in [1.82, 2.24) is 14.5 Å². The number of nitrogens with two attached hydrogens (primary N) is 1. The van der Waals surface area contributed by atoms with Crippen LogP contribution in [-0.4, -0.2) is 14.5 Å². The van der Waals surface area contributed by atoms with Gasteiger partial charge in [0.15, 0.2) is 0 Å². The summed E-state index contributed by atoms with van der Waals surface area (Å²) in [5.41, 5.74) is 8.06. The maximum atomic E-state index is 5.99. The molecule has 0 radical (unpaired) electrons. The maximum absolute atomic E-state index is 5.99. The van der Waals surface area contributed by atoms with Crippen molar-refractivity contribution < 1.29 is 0 Å². The first kappa shape index (κ1) is 12.2. The van der Waals surface area contributed by atoms with E-state index in [1.54, 1.807) is 6.20 Å². The van der Waals surface area contributed by atoms with Gasteiger partial charge in [-0.1, -0.05) is 19.8 Å². The topological polar surface area (TPSA) is 56.7 Å². The fourth-order valence-electron chi connectivity index (χ4n) is 3.12. The van der Waals surface area contributed by atoms with Crippen LogP contribution in [0.15, 0.2) is 30.9 Å². The third-order valence-corrected chi connectivity index (χ3v) is 4.20. The molecule has 2 N–H and O–H groups in total. The Balaban J connectivity index is 2.01. The number of nitrogens with zero attached hydrogens (tertiary/aromatic N) is 3. The van der Waals surface area contributed by atoms with Crippen molar-refractivity contribution in [1.29, 1.82) is 0 Å². The zero-order valence-electron chi connectivity index (χ0n) is 11.3. The highest BCUT2D eigenvalue weighted by Crippen LogP contribution is 2.37. The molecular weight excluding hydrogens is 236 g/mol. The van der Waals surface area contributed by atoms with Crippen LogP contribution in [0.1, 0.15) is 38.6 Å². The van der Waals surface area contributed by atoms with E-state index >= 15 is 0 Å². The number of rotatable bonds is 2. The van der Waals surface area contributed by atoms with E-state index in [1.807, 2.05) is 24.7 Å². The monoisotopic (exact) mass is 256 g/mol. The van der Waals surface area contributed by atoms with E-state index in [0.29, 0.717) is 17.8 Å². The number of anilines is 1. The van der Waals surface area contributed by atoms with Gasteiger partial charge in [-0.2, -0.15) is 0 Å². The normalized spacial score (nSPS) is 23.4. The third-order valence-electron chi connectivity index (χ3n) is 4.20. The van der Waals surface area contributed by atoms with Crippen LogP contribution >= 0.6 is 0 Å². The van der Waals surface area contributed by atoms with Gasteiger partial charge < -0.3 is 10.3 Å². The van der Waals surface area contributed by atoms with Crippen LogP contribution in [0.2, 0.25) is 0 Å². The molecule has 0 aromatic carbocycles. The van der Waals surface area contributed by atoms with Crippen LogP contribution in [0, 0.1) is 5.92 Å². The minimum Gasteiger partial charge on any atom is -0.383 e. The van der Waals surface area contributed by atoms with Gasteiger partial charge in [0.05, 0.1) is 18.2 Å². The second-order valence-corrected chi connectivity index (χ2v) is 5.45. The van der Waals surface area contributed by atoms with Gasteiger partial charge in [-0.25, -0.2) is 9.97 Å². The van der Waals surface area contributed by atoms with Gasteiger partial charge in [0.25, 0.3) is 0 Å². The van der Waals surface area contributed by atoms with Gasteiger partial charge in [0, 0.05) is 17.8 Å². The van der Waals surface area contributed by atoms with Crippen molar-refractivity contribution >= 4 is 5.82 Å². The van der Waals surface area contributed by atoms with E-state index < -0.39 is 0 Å². The van der Waals surface area contributed by atoms with Crippen molar-refractivity contribution in [2.24, 2.45) is 5.92 Å². The smallest absolute Gasteiger partial charge is 0.132 e. The number of nitrogen functional groups attached to an aromatic ring is 1. The molecule has 2 aromatic heterocycles. The summed E-state index contributed by atoms with van der Waals surface area (Å²) in [5.74, 6) is 1.27. The molecule has 1 saturated carbocycles. The Hall–Kier alpha value is -1.84. The molecule has 2 heterocycles. The highest BCUT2D eigenvalue weighted by atomic mass is 15.1. The molecule has 4 heteroatoms. The van der Waals surface area contributed by atoms with E-state index in [4.69, 9.17) is 5.73 Å².